The molecule has 1 aliphatic heterocycles. The number of rotatable bonds is 4. The van der Waals surface area contributed by atoms with Crippen molar-refractivity contribution in [1.82, 2.24) is 4.90 Å². The highest BCUT2D eigenvalue weighted by molar-refractivity contribution is 5.85. The summed E-state index contributed by atoms with van der Waals surface area (Å²) < 4.78 is 27.4. The number of nitrogens with two attached hydrogens (primary N) is 1. The van der Waals surface area contributed by atoms with E-state index in [1.165, 1.54) is 11.6 Å². The molecule has 0 aromatic heterocycles. The maximum atomic E-state index is 14.0. The smallest absolute Gasteiger partial charge is 0.226 e. The van der Waals surface area contributed by atoms with E-state index in [1.807, 2.05) is 23.1 Å². The third-order valence-electron chi connectivity index (χ3n) is 5.77. The quantitative estimate of drug-likeness (QED) is 0.862. The molecule has 2 aromatic rings. The number of carbonyl (C=O) groups excluding carboxylic acids is 1. The van der Waals surface area contributed by atoms with Gasteiger partial charge in [-0.1, -0.05) is 42.5 Å². The number of carbonyl (C=O) groups is 1. The molecular weight excluding hydrogens is 370 g/mol. The first-order valence-electron chi connectivity index (χ1n) is 9.08. The predicted octanol–water partition coefficient (Wildman–Crippen LogP) is 3.69. The maximum Gasteiger partial charge on any atom is 0.226 e. The van der Waals surface area contributed by atoms with E-state index >= 15 is 0 Å². The van der Waals surface area contributed by atoms with Crippen molar-refractivity contribution < 1.29 is 13.6 Å². The molecule has 2 aromatic carbocycles. The Morgan fingerprint density at radius 1 is 1.04 bits per heavy atom. The number of amides is 1. The summed E-state index contributed by atoms with van der Waals surface area (Å²) in [6.07, 6.45) is 0.582. The van der Waals surface area contributed by atoms with Crippen LogP contribution in [-0.2, 0) is 4.79 Å². The van der Waals surface area contributed by atoms with E-state index in [-0.39, 0.29) is 42.0 Å². The SMILES string of the molecule is Cl.NC[C@@H]1CN(C(=O)C2CC2c2cccc(F)c2F)C[C@H]1c1ccccc1. The minimum absolute atomic E-state index is 0. The van der Waals surface area contributed by atoms with Crippen LogP contribution in [0.25, 0.3) is 0 Å². The lowest BCUT2D eigenvalue weighted by Crippen LogP contribution is -2.31. The van der Waals surface area contributed by atoms with Gasteiger partial charge >= 0.3 is 0 Å². The third kappa shape index (κ3) is 3.71. The van der Waals surface area contributed by atoms with Crippen LogP contribution in [0.4, 0.5) is 8.78 Å². The Morgan fingerprint density at radius 3 is 2.48 bits per heavy atom. The lowest BCUT2D eigenvalue weighted by Gasteiger charge is -2.17. The Morgan fingerprint density at radius 2 is 1.78 bits per heavy atom. The van der Waals surface area contributed by atoms with Gasteiger partial charge in [-0.3, -0.25) is 4.79 Å². The van der Waals surface area contributed by atoms with Crippen molar-refractivity contribution in [3.05, 3.63) is 71.3 Å². The predicted molar refractivity (Wildman–Crippen MR) is 103 cm³/mol. The lowest BCUT2D eigenvalue weighted by atomic mass is 9.89. The molecule has 4 atom stereocenters. The van der Waals surface area contributed by atoms with Gasteiger partial charge in [0.2, 0.25) is 5.91 Å². The van der Waals surface area contributed by atoms with Crippen LogP contribution < -0.4 is 5.73 Å². The Hall–Kier alpha value is -1.98. The zero-order valence-electron chi connectivity index (χ0n) is 14.9. The monoisotopic (exact) mass is 392 g/mol. The molecule has 1 amide bonds. The van der Waals surface area contributed by atoms with Crippen molar-refractivity contribution >= 4 is 18.3 Å². The van der Waals surface area contributed by atoms with E-state index in [9.17, 15) is 13.6 Å². The minimum Gasteiger partial charge on any atom is -0.341 e. The first-order valence-corrected chi connectivity index (χ1v) is 9.08. The number of hydrogen-bond donors (Lipinski definition) is 1. The number of likely N-dealkylation sites (tertiary alicyclic amines) is 1. The third-order valence-corrected chi connectivity index (χ3v) is 5.77. The van der Waals surface area contributed by atoms with Crippen LogP contribution in [0.2, 0.25) is 0 Å². The fraction of sp³-hybridized carbons (Fsp3) is 0.381. The fourth-order valence-electron chi connectivity index (χ4n) is 4.22. The van der Waals surface area contributed by atoms with Gasteiger partial charge in [0.1, 0.15) is 0 Å². The first-order chi connectivity index (χ1) is 12.6. The summed E-state index contributed by atoms with van der Waals surface area (Å²) >= 11 is 0. The van der Waals surface area contributed by atoms with E-state index in [0.29, 0.717) is 31.6 Å². The van der Waals surface area contributed by atoms with Crippen LogP contribution in [0.3, 0.4) is 0 Å². The molecule has 1 heterocycles. The average molecular weight is 393 g/mol. The Labute approximate surface area is 164 Å². The molecule has 2 unspecified atom stereocenters. The molecule has 0 bridgehead atoms. The molecule has 2 aliphatic rings. The van der Waals surface area contributed by atoms with E-state index < -0.39 is 11.6 Å². The van der Waals surface area contributed by atoms with Gasteiger partial charge in [-0.2, -0.15) is 0 Å². The molecule has 2 fully saturated rings. The van der Waals surface area contributed by atoms with Crippen LogP contribution >= 0.6 is 12.4 Å². The zero-order chi connectivity index (χ0) is 18.3. The summed E-state index contributed by atoms with van der Waals surface area (Å²) in [7, 11) is 0. The fourth-order valence-corrected chi connectivity index (χ4v) is 4.22. The number of halogens is 3. The van der Waals surface area contributed by atoms with E-state index in [2.05, 4.69) is 12.1 Å². The highest BCUT2D eigenvalue weighted by Gasteiger charge is 2.49. The number of benzene rings is 2. The molecule has 0 spiro atoms. The van der Waals surface area contributed by atoms with Crippen LogP contribution in [0, 0.1) is 23.5 Å². The topological polar surface area (TPSA) is 46.3 Å². The summed E-state index contributed by atoms with van der Waals surface area (Å²) in [6, 6.07) is 14.3. The zero-order valence-corrected chi connectivity index (χ0v) is 15.7. The van der Waals surface area contributed by atoms with Gasteiger partial charge in [-0.15, -0.1) is 12.4 Å². The van der Waals surface area contributed by atoms with Gasteiger partial charge in [0, 0.05) is 24.9 Å². The van der Waals surface area contributed by atoms with Gasteiger partial charge in [-0.25, -0.2) is 8.78 Å². The molecule has 3 nitrogen and oxygen atoms in total. The van der Waals surface area contributed by atoms with Gasteiger partial charge in [0.15, 0.2) is 11.6 Å². The second-order valence-corrected chi connectivity index (χ2v) is 7.35. The summed E-state index contributed by atoms with van der Waals surface area (Å²) in [4.78, 5) is 14.8. The molecular formula is C21H23ClF2N2O. The van der Waals surface area contributed by atoms with Gasteiger partial charge in [-0.05, 0) is 42.0 Å². The Bertz CT molecular complexity index is 817. The first kappa shape index (κ1) is 19.8. The molecule has 2 N–H and O–H groups in total. The normalized spacial score (nSPS) is 26.6. The van der Waals surface area contributed by atoms with Crippen LogP contribution in [0.15, 0.2) is 48.5 Å². The molecule has 144 valence electrons. The summed E-state index contributed by atoms with van der Waals surface area (Å²) in [5, 5.41) is 0. The highest BCUT2D eigenvalue weighted by Crippen LogP contribution is 2.50. The Balaban J connectivity index is 0.00000210. The number of hydrogen-bond acceptors (Lipinski definition) is 2. The molecule has 4 rings (SSSR count). The summed E-state index contributed by atoms with van der Waals surface area (Å²) in [6.45, 7) is 1.79. The molecule has 0 radical (unpaired) electrons. The van der Waals surface area contributed by atoms with E-state index in [0.717, 1.165) is 6.07 Å². The van der Waals surface area contributed by atoms with Crippen molar-refractivity contribution in [3.63, 3.8) is 0 Å². The Kier molecular flexibility index (Phi) is 5.82. The van der Waals surface area contributed by atoms with Crippen molar-refractivity contribution in [2.45, 2.75) is 18.3 Å². The highest BCUT2D eigenvalue weighted by atomic mass is 35.5. The van der Waals surface area contributed by atoms with Gasteiger partial charge in [0.05, 0.1) is 0 Å². The lowest BCUT2D eigenvalue weighted by molar-refractivity contribution is -0.131. The number of nitrogens with zero attached hydrogens (tertiary/aromatic N) is 1. The molecule has 27 heavy (non-hydrogen) atoms. The van der Waals surface area contributed by atoms with Gasteiger partial charge < -0.3 is 10.6 Å². The standard InChI is InChI=1S/C21H22F2N2O.ClH/c22-19-8-4-7-15(20(19)23)16-9-17(16)21(26)25-11-14(10-24)18(12-25)13-5-2-1-3-6-13;/h1-8,14,16-18H,9-12,24H2;1H/t14-,16?,17?,18+;/m1./s1. The molecule has 1 saturated carbocycles. The van der Waals surface area contributed by atoms with Crippen LogP contribution in [-0.4, -0.2) is 30.4 Å². The van der Waals surface area contributed by atoms with Crippen molar-refractivity contribution in [2.75, 3.05) is 19.6 Å². The van der Waals surface area contributed by atoms with Crippen molar-refractivity contribution in [3.8, 4) is 0 Å². The molecule has 6 heteroatoms. The summed E-state index contributed by atoms with van der Waals surface area (Å²) in [5.74, 6) is -1.65. The molecule has 1 aliphatic carbocycles. The average Bonchev–Trinajstić information content (AvgIpc) is 3.34. The largest absolute Gasteiger partial charge is 0.341 e. The van der Waals surface area contributed by atoms with E-state index in [1.54, 1.807) is 6.07 Å². The van der Waals surface area contributed by atoms with E-state index in [4.69, 9.17) is 5.73 Å². The second kappa shape index (κ2) is 7.95. The summed E-state index contributed by atoms with van der Waals surface area (Å²) in [5.41, 5.74) is 7.45. The van der Waals surface area contributed by atoms with Crippen LogP contribution in [0.1, 0.15) is 29.4 Å². The minimum atomic E-state index is -0.853. The van der Waals surface area contributed by atoms with Crippen LogP contribution in [0.5, 0.6) is 0 Å². The molecule has 1 saturated heterocycles. The van der Waals surface area contributed by atoms with Crippen molar-refractivity contribution in [2.24, 2.45) is 17.6 Å². The maximum absolute atomic E-state index is 14.0. The van der Waals surface area contributed by atoms with Gasteiger partial charge in [0.25, 0.3) is 0 Å². The second-order valence-electron chi connectivity index (χ2n) is 7.35. The van der Waals surface area contributed by atoms with Crippen molar-refractivity contribution in [1.29, 1.82) is 0 Å².